The molecule has 5 heteroatoms. The number of hydrogen-bond donors (Lipinski definition) is 0. The molecule has 0 radical (unpaired) electrons. The molecular formula is C32H63NO4+2. The van der Waals surface area contributed by atoms with Crippen LogP contribution < -0.4 is 0 Å². The summed E-state index contributed by atoms with van der Waals surface area (Å²) in [5.74, 6) is 0.273. The average molecular weight is 526 g/mol. The number of unbranched alkanes of at least 4 members (excludes halogenated alkanes) is 1. The number of ether oxygens (including phenoxy) is 2. The van der Waals surface area contributed by atoms with Gasteiger partial charge in [0.25, 0.3) is 0 Å². The van der Waals surface area contributed by atoms with Crippen molar-refractivity contribution in [2.24, 2.45) is 27.6 Å². The summed E-state index contributed by atoms with van der Waals surface area (Å²) in [5, 5.41) is 0. The van der Waals surface area contributed by atoms with Gasteiger partial charge >= 0.3 is 11.9 Å². The molecule has 0 aromatic heterocycles. The normalized spacial score (nSPS) is 13.6. The van der Waals surface area contributed by atoms with Gasteiger partial charge in [-0.2, -0.15) is 0 Å². The smallest absolute Gasteiger partial charge is 0.311 e. The molecule has 218 valence electrons. The third kappa shape index (κ3) is 20.4. The molecule has 0 aliphatic rings. The van der Waals surface area contributed by atoms with E-state index in [4.69, 9.17) is 9.47 Å². The summed E-state index contributed by atoms with van der Waals surface area (Å²) in [6, 6.07) is 0. The van der Waals surface area contributed by atoms with Crippen LogP contribution >= 0.6 is 0 Å². The molecule has 0 N–H and O–H groups in total. The number of esters is 2. The van der Waals surface area contributed by atoms with E-state index >= 15 is 0 Å². The van der Waals surface area contributed by atoms with Crippen molar-refractivity contribution in [3.8, 4) is 0 Å². The van der Waals surface area contributed by atoms with E-state index in [-0.39, 0.29) is 33.6 Å². The van der Waals surface area contributed by atoms with Gasteiger partial charge in [-0.15, -0.1) is 0 Å². The molecule has 0 aromatic rings. The first-order chi connectivity index (χ1) is 16.5. The van der Waals surface area contributed by atoms with E-state index in [1.165, 1.54) is 0 Å². The lowest BCUT2D eigenvalue weighted by atomic mass is 9.77. The molecule has 0 spiro atoms. The van der Waals surface area contributed by atoms with E-state index in [2.05, 4.69) is 96.6 Å². The van der Waals surface area contributed by atoms with Crippen molar-refractivity contribution in [3.63, 3.8) is 0 Å². The van der Waals surface area contributed by atoms with Crippen LogP contribution in [0.4, 0.5) is 0 Å². The highest BCUT2D eigenvalue weighted by atomic mass is 16.5. The Morgan fingerprint density at radius 2 is 1.08 bits per heavy atom. The van der Waals surface area contributed by atoms with Crippen LogP contribution in [0, 0.1) is 34.0 Å². The summed E-state index contributed by atoms with van der Waals surface area (Å²) in [6.45, 7) is 29.5. The summed E-state index contributed by atoms with van der Waals surface area (Å²) in [4.78, 5) is 25.3. The lowest BCUT2D eigenvalue weighted by Gasteiger charge is -2.35. The fourth-order valence-corrected chi connectivity index (χ4v) is 5.65. The van der Waals surface area contributed by atoms with Crippen molar-refractivity contribution in [3.05, 3.63) is 6.42 Å². The summed E-state index contributed by atoms with van der Waals surface area (Å²) < 4.78 is 12.1. The quantitative estimate of drug-likeness (QED) is 0.0839. The Morgan fingerprint density at radius 3 is 1.41 bits per heavy atom. The number of nitrogens with zero attached hydrogens (tertiary/aromatic N) is 1. The summed E-state index contributed by atoms with van der Waals surface area (Å²) in [7, 11) is 2.16. The van der Waals surface area contributed by atoms with E-state index in [0.717, 1.165) is 32.2 Å². The Kier molecular flexibility index (Phi) is 14.3. The predicted octanol–water partition coefficient (Wildman–Crippen LogP) is 7.86. The molecule has 0 aromatic carbocycles. The molecule has 0 saturated carbocycles. The second-order valence-electron chi connectivity index (χ2n) is 16.0. The molecule has 0 rings (SSSR count). The van der Waals surface area contributed by atoms with Crippen LogP contribution in [0.5, 0.6) is 0 Å². The Labute approximate surface area is 231 Å². The van der Waals surface area contributed by atoms with Crippen LogP contribution in [0.15, 0.2) is 0 Å². The van der Waals surface area contributed by atoms with E-state index < -0.39 is 0 Å². The molecule has 0 unspecified atom stereocenters. The van der Waals surface area contributed by atoms with Gasteiger partial charge in [0.05, 0.1) is 71.5 Å². The molecule has 0 bridgehead atoms. The highest BCUT2D eigenvalue weighted by Gasteiger charge is 2.30. The first-order valence-electron chi connectivity index (χ1n) is 14.5. The van der Waals surface area contributed by atoms with Crippen LogP contribution in [-0.2, 0) is 19.1 Å². The van der Waals surface area contributed by atoms with Crippen molar-refractivity contribution in [1.82, 2.24) is 0 Å². The molecule has 0 atom stereocenters. The number of hydrogen-bond acceptors (Lipinski definition) is 4. The van der Waals surface area contributed by atoms with Gasteiger partial charge in [-0.3, -0.25) is 9.59 Å². The van der Waals surface area contributed by atoms with Gasteiger partial charge in [-0.1, -0.05) is 69.2 Å². The maximum Gasteiger partial charge on any atom is 0.311 e. The first kappa shape index (κ1) is 35.8. The Bertz CT molecular complexity index is 632. The topological polar surface area (TPSA) is 52.6 Å². The van der Waals surface area contributed by atoms with E-state index in [9.17, 15) is 9.59 Å². The molecule has 0 aliphatic heterocycles. The fraction of sp³-hybridized carbons (Fsp3) is 0.906. The van der Waals surface area contributed by atoms with Crippen molar-refractivity contribution < 1.29 is 23.5 Å². The van der Waals surface area contributed by atoms with Gasteiger partial charge in [0, 0.05) is 6.42 Å². The maximum absolute atomic E-state index is 12.7. The molecule has 0 aliphatic carbocycles. The van der Waals surface area contributed by atoms with E-state index in [1.807, 2.05) is 0 Å². The minimum Gasteiger partial charge on any atom is -0.465 e. The minimum absolute atomic E-state index is 0.0523. The van der Waals surface area contributed by atoms with Crippen LogP contribution in [0.3, 0.4) is 0 Å². The Morgan fingerprint density at radius 1 is 0.703 bits per heavy atom. The second kappa shape index (κ2) is 14.8. The van der Waals surface area contributed by atoms with E-state index in [0.29, 0.717) is 49.5 Å². The zero-order chi connectivity index (χ0) is 29.1. The number of carbonyl (C=O) groups excluding carboxylic acids is 2. The van der Waals surface area contributed by atoms with Gasteiger partial charge in [0.1, 0.15) is 0 Å². The summed E-state index contributed by atoms with van der Waals surface area (Å²) in [5.41, 5.74) is 0.274. The van der Waals surface area contributed by atoms with Gasteiger partial charge in [-0.25, -0.2) is 0 Å². The lowest BCUT2D eigenvalue weighted by Crippen LogP contribution is -2.48. The van der Waals surface area contributed by atoms with Gasteiger partial charge in [0.2, 0.25) is 0 Å². The maximum atomic E-state index is 12.7. The molecular weight excluding hydrogens is 462 g/mol. The third-order valence-electron chi connectivity index (χ3n) is 6.52. The predicted molar refractivity (Wildman–Crippen MR) is 156 cm³/mol. The van der Waals surface area contributed by atoms with Gasteiger partial charge in [0.15, 0.2) is 0 Å². The molecule has 5 nitrogen and oxygen atoms in total. The highest BCUT2D eigenvalue weighted by molar-refractivity contribution is 5.70. The van der Waals surface area contributed by atoms with Crippen molar-refractivity contribution >= 4 is 11.9 Å². The van der Waals surface area contributed by atoms with Gasteiger partial charge in [-0.05, 0) is 48.3 Å². The molecule has 0 heterocycles. The van der Waals surface area contributed by atoms with E-state index in [1.54, 1.807) is 0 Å². The van der Waals surface area contributed by atoms with Gasteiger partial charge < -0.3 is 14.0 Å². The lowest BCUT2D eigenvalue weighted by molar-refractivity contribution is -0.908. The number of quaternary nitrogens is 1. The zero-order valence-corrected chi connectivity index (χ0v) is 27.0. The molecule has 0 fully saturated rings. The minimum atomic E-state index is -0.147. The number of rotatable bonds is 17. The van der Waals surface area contributed by atoms with Crippen molar-refractivity contribution in [1.29, 1.82) is 0 Å². The summed E-state index contributed by atoms with van der Waals surface area (Å²) in [6.07, 6.45) is 7.12. The Hall–Kier alpha value is -1.23. The average Bonchev–Trinajstić information content (AvgIpc) is 2.68. The molecule has 0 amide bonds. The monoisotopic (exact) mass is 525 g/mol. The first-order valence-corrected chi connectivity index (χ1v) is 14.5. The number of carbonyl (C=O) groups is 2. The molecule has 37 heavy (non-hydrogen) atoms. The summed E-state index contributed by atoms with van der Waals surface area (Å²) >= 11 is 0. The standard InChI is InChI=1S/C32H63NO4/c1-26(2)16-14-15-19-33(13,20-17-27(34)36-24-31(9,10)22-29(3,4)5)21-18-28(35)37-25-32(11,12)23-30(6,7)8/h16,26H,14-15,17-25H2,1-13H3/q+2. The fourth-order valence-electron chi connectivity index (χ4n) is 5.65. The van der Waals surface area contributed by atoms with Crippen LogP contribution in [0.25, 0.3) is 0 Å². The van der Waals surface area contributed by atoms with Crippen molar-refractivity contribution in [2.45, 2.75) is 122 Å². The SMILES string of the molecule is CC(C)[CH+]CCC[N+](C)(CCC(=O)OCC(C)(C)CC(C)(C)C)CCC(=O)OCC(C)(C)CC(C)(C)C. The van der Waals surface area contributed by atoms with Crippen molar-refractivity contribution in [2.75, 3.05) is 39.9 Å². The Balaban J connectivity index is 4.93. The van der Waals surface area contributed by atoms with Crippen LogP contribution in [0.1, 0.15) is 122 Å². The second-order valence-corrected chi connectivity index (χ2v) is 16.0. The van der Waals surface area contributed by atoms with Crippen LogP contribution in [-0.4, -0.2) is 56.3 Å². The third-order valence-corrected chi connectivity index (χ3v) is 6.52. The largest absolute Gasteiger partial charge is 0.465 e. The molecule has 0 saturated heterocycles. The zero-order valence-electron chi connectivity index (χ0n) is 27.0. The van der Waals surface area contributed by atoms with Crippen LogP contribution in [0.2, 0.25) is 0 Å². The highest BCUT2D eigenvalue weighted by Crippen LogP contribution is 2.34.